The van der Waals surface area contributed by atoms with E-state index >= 15 is 0 Å². The van der Waals surface area contributed by atoms with E-state index in [0.29, 0.717) is 0 Å². The van der Waals surface area contributed by atoms with Crippen LogP contribution in [0.4, 0.5) is 0 Å². The first-order valence-electron chi connectivity index (χ1n) is 4.80. The summed E-state index contributed by atoms with van der Waals surface area (Å²) in [4.78, 5) is 0. The van der Waals surface area contributed by atoms with E-state index in [1.165, 1.54) is 6.04 Å². The molecule has 0 atom stereocenters. The SMILES string of the molecule is [CH2]CC[Si](C)(C)[Si](C)(C)O[SiH2]C. The molecule has 0 amide bonds. The van der Waals surface area contributed by atoms with E-state index in [-0.39, 0.29) is 9.76 Å². The Labute approximate surface area is 81.8 Å². The highest BCUT2D eigenvalue weighted by atomic mass is 29.3. The van der Waals surface area contributed by atoms with Crippen LogP contribution in [0.1, 0.15) is 6.42 Å². The van der Waals surface area contributed by atoms with Gasteiger partial charge in [0.05, 0.1) is 7.59 Å². The summed E-state index contributed by atoms with van der Waals surface area (Å²) < 4.78 is 6.06. The third kappa shape index (κ3) is 3.16. The Morgan fingerprint density at radius 2 is 1.75 bits per heavy atom. The molecule has 4 heteroatoms. The Bertz CT molecular complexity index is 118. The van der Waals surface area contributed by atoms with Crippen molar-refractivity contribution in [1.29, 1.82) is 0 Å². The Morgan fingerprint density at radius 3 is 2.08 bits per heavy atom. The van der Waals surface area contributed by atoms with Gasteiger partial charge in [0.15, 0.2) is 7.83 Å². The summed E-state index contributed by atoms with van der Waals surface area (Å²) in [6.07, 6.45) is 1.09. The van der Waals surface area contributed by atoms with Crippen molar-refractivity contribution in [2.75, 3.05) is 0 Å². The first-order chi connectivity index (χ1) is 5.37. The quantitative estimate of drug-likeness (QED) is 0.645. The van der Waals surface area contributed by atoms with E-state index in [0.717, 1.165) is 6.42 Å². The lowest BCUT2D eigenvalue weighted by Gasteiger charge is -2.37. The molecule has 0 spiro atoms. The molecule has 0 rings (SSSR count). The zero-order chi connectivity index (χ0) is 9.83. The minimum atomic E-state index is -1.29. The lowest BCUT2D eigenvalue weighted by Crippen LogP contribution is -2.57. The summed E-state index contributed by atoms with van der Waals surface area (Å²) in [5.41, 5.74) is 0. The van der Waals surface area contributed by atoms with Crippen molar-refractivity contribution in [3.8, 4) is 0 Å². The Morgan fingerprint density at radius 1 is 1.25 bits per heavy atom. The van der Waals surface area contributed by atoms with Gasteiger partial charge in [0.2, 0.25) is 0 Å². The molecule has 0 aliphatic rings. The van der Waals surface area contributed by atoms with E-state index in [2.05, 4.69) is 39.7 Å². The molecule has 0 aromatic heterocycles. The monoisotopic (exact) mass is 219 g/mol. The minimum absolute atomic E-state index is 0.211. The van der Waals surface area contributed by atoms with Gasteiger partial charge in [0, 0.05) is 0 Å². The smallest absolute Gasteiger partial charge is 0.159 e. The fourth-order valence-electron chi connectivity index (χ4n) is 1.30. The van der Waals surface area contributed by atoms with Gasteiger partial charge in [-0.2, -0.15) is 0 Å². The van der Waals surface area contributed by atoms with Crippen LogP contribution in [-0.4, -0.2) is 25.2 Å². The molecule has 0 aliphatic heterocycles. The van der Waals surface area contributed by atoms with Gasteiger partial charge in [0.1, 0.15) is 9.76 Å². The second kappa shape index (κ2) is 4.74. The predicted octanol–water partition coefficient (Wildman–Crippen LogP) is 2.35. The molecule has 1 radical (unpaired) electrons. The van der Waals surface area contributed by atoms with Gasteiger partial charge in [-0.15, -0.1) is 0 Å². The second-order valence-electron chi connectivity index (χ2n) is 4.43. The average molecular weight is 220 g/mol. The molecule has 0 unspecified atom stereocenters. The second-order valence-corrected chi connectivity index (χ2v) is 21.1. The fraction of sp³-hybridized carbons (Fsp3) is 0.875. The van der Waals surface area contributed by atoms with Gasteiger partial charge < -0.3 is 4.12 Å². The lowest BCUT2D eigenvalue weighted by atomic mass is 10.6. The van der Waals surface area contributed by atoms with Crippen LogP contribution in [0.25, 0.3) is 0 Å². The van der Waals surface area contributed by atoms with Gasteiger partial charge in [-0.3, -0.25) is 0 Å². The predicted molar refractivity (Wildman–Crippen MR) is 65.2 cm³/mol. The third-order valence-corrected chi connectivity index (χ3v) is 23.7. The maximum atomic E-state index is 6.06. The van der Waals surface area contributed by atoms with E-state index in [1.54, 1.807) is 0 Å². The van der Waals surface area contributed by atoms with E-state index in [1.807, 2.05) is 0 Å². The van der Waals surface area contributed by atoms with Crippen molar-refractivity contribution in [2.45, 2.75) is 45.2 Å². The fourth-order valence-corrected chi connectivity index (χ4v) is 14.4. The molecule has 12 heavy (non-hydrogen) atoms. The molecule has 73 valence electrons. The zero-order valence-electron chi connectivity index (χ0n) is 9.24. The lowest BCUT2D eigenvalue weighted by molar-refractivity contribution is 0.614. The highest BCUT2D eigenvalue weighted by Crippen LogP contribution is 2.24. The molecule has 0 fully saturated rings. The van der Waals surface area contributed by atoms with Crippen molar-refractivity contribution in [1.82, 2.24) is 0 Å². The van der Waals surface area contributed by atoms with Crippen molar-refractivity contribution >= 4 is 25.2 Å². The van der Waals surface area contributed by atoms with Crippen molar-refractivity contribution < 1.29 is 4.12 Å². The van der Waals surface area contributed by atoms with Crippen LogP contribution in [0.15, 0.2) is 0 Å². The average Bonchev–Trinajstić information content (AvgIpc) is 1.86. The molecule has 0 aromatic carbocycles. The summed E-state index contributed by atoms with van der Waals surface area (Å²) >= 11 is 0. The molecular formula is C8H23OSi3. The number of rotatable bonds is 5. The van der Waals surface area contributed by atoms with Gasteiger partial charge in [-0.05, 0) is 13.1 Å². The standard InChI is InChI=1S/C8H23OSi3/c1-7-8-11(3,4)12(5,6)9-10-2/h1,7-8,10H2,2-6H3. The normalized spacial score (nSPS) is 14.5. The summed E-state index contributed by atoms with van der Waals surface area (Å²) in [5.74, 6) is 0. The van der Waals surface area contributed by atoms with E-state index < -0.39 is 15.4 Å². The van der Waals surface area contributed by atoms with E-state index in [9.17, 15) is 0 Å². The first-order valence-corrected chi connectivity index (χ1v) is 13.9. The number of hydrogen-bond acceptors (Lipinski definition) is 1. The third-order valence-electron chi connectivity index (χ3n) is 2.94. The maximum Gasteiger partial charge on any atom is 0.159 e. The Kier molecular flexibility index (Phi) is 4.98. The van der Waals surface area contributed by atoms with Gasteiger partial charge >= 0.3 is 0 Å². The molecule has 0 aliphatic carbocycles. The van der Waals surface area contributed by atoms with Crippen LogP contribution in [0.2, 0.25) is 38.8 Å². The van der Waals surface area contributed by atoms with Crippen molar-refractivity contribution in [3.05, 3.63) is 6.92 Å². The van der Waals surface area contributed by atoms with Crippen LogP contribution in [-0.2, 0) is 4.12 Å². The molecule has 0 aromatic rings. The maximum absolute atomic E-state index is 6.06. The Balaban J connectivity index is 4.28. The Hall–Kier alpha value is 0.611. The van der Waals surface area contributed by atoms with Gasteiger partial charge in [-0.1, -0.05) is 39.0 Å². The molecule has 0 saturated heterocycles. The molecule has 1 nitrogen and oxygen atoms in total. The summed E-state index contributed by atoms with van der Waals surface area (Å²) in [6, 6.07) is 1.33. The van der Waals surface area contributed by atoms with Crippen LogP contribution < -0.4 is 0 Å². The topological polar surface area (TPSA) is 9.23 Å². The largest absolute Gasteiger partial charge is 0.463 e. The molecule has 0 saturated carbocycles. The number of hydrogen-bond donors (Lipinski definition) is 0. The van der Waals surface area contributed by atoms with Crippen LogP contribution in [0, 0.1) is 6.92 Å². The minimum Gasteiger partial charge on any atom is -0.463 e. The van der Waals surface area contributed by atoms with Crippen LogP contribution in [0.3, 0.4) is 0 Å². The molecule has 0 heterocycles. The summed E-state index contributed by atoms with van der Waals surface area (Å²) in [6.45, 7) is 15.9. The summed E-state index contributed by atoms with van der Waals surface area (Å²) in [7, 11) is -2.57. The van der Waals surface area contributed by atoms with E-state index in [4.69, 9.17) is 4.12 Å². The molecule has 0 N–H and O–H groups in total. The summed E-state index contributed by atoms with van der Waals surface area (Å²) in [5, 5.41) is 0. The van der Waals surface area contributed by atoms with Crippen LogP contribution in [0.5, 0.6) is 0 Å². The van der Waals surface area contributed by atoms with Gasteiger partial charge in [0.25, 0.3) is 0 Å². The van der Waals surface area contributed by atoms with Crippen molar-refractivity contribution in [3.63, 3.8) is 0 Å². The van der Waals surface area contributed by atoms with Gasteiger partial charge in [-0.25, -0.2) is 0 Å². The highest BCUT2D eigenvalue weighted by molar-refractivity contribution is 7.38. The molecular weight excluding hydrogens is 196 g/mol. The molecule has 0 bridgehead atoms. The van der Waals surface area contributed by atoms with Crippen molar-refractivity contribution in [2.24, 2.45) is 0 Å². The zero-order valence-corrected chi connectivity index (χ0v) is 12.7. The first kappa shape index (κ1) is 12.6. The van der Waals surface area contributed by atoms with Crippen LogP contribution >= 0.6 is 0 Å². The highest BCUT2D eigenvalue weighted by Gasteiger charge is 2.40.